The third-order valence-corrected chi connectivity index (χ3v) is 4.50. The lowest BCUT2D eigenvalue weighted by atomic mass is 10.1. The predicted octanol–water partition coefficient (Wildman–Crippen LogP) is 2.42. The summed E-state index contributed by atoms with van der Waals surface area (Å²) in [6.07, 6.45) is 0.475. The van der Waals surface area contributed by atoms with Gasteiger partial charge >= 0.3 is 5.97 Å². The van der Waals surface area contributed by atoms with E-state index in [1.165, 1.54) is 0 Å². The van der Waals surface area contributed by atoms with E-state index < -0.39 is 11.9 Å². The van der Waals surface area contributed by atoms with Crippen LogP contribution in [0.15, 0.2) is 28.8 Å². The number of aryl methyl sites for hydroxylation is 2. The summed E-state index contributed by atoms with van der Waals surface area (Å²) in [5, 5.41) is 13.0. The summed E-state index contributed by atoms with van der Waals surface area (Å²) < 4.78 is 11.0. The van der Waals surface area contributed by atoms with Gasteiger partial charge in [-0.1, -0.05) is 17.3 Å². The van der Waals surface area contributed by atoms with E-state index in [-0.39, 0.29) is 19.1 Å². The highest BCUT2D eigenvalue weighted by atomic mass is 16.5. The molecule has 1 aromatic heterocycles. The first-order valence-electron chi connectivity index (χ1n) is 8.13. The van der Waals surface area contributed by atoms with Gasteiger partial charge in [0.1, 0.15) is 18.1 Å². The molecule has 1 aromatic carbocycles. The van der Waals surface area contributed by atoms with Crippen LogP contribution in [0.1, 0.15) is 33.8 Å². The van der Waals surface area contributed by atoms with E-state index in [9.17, 15) is 9.59 Å². The van der Waals surface area contributed by atoms with Gasteiger partial charge in [-0.25, -0.2) is 0 Å². The lowest BCUT2D eigenvalue weighted by Crippen LogP contribution is -2.30. The smallest absolute Gasteiger partial charge is 0.308 e. The van der Waals surface area contributed by atoms with Crippen LogP contribution in [0, 0.1) is 19.8 Å². The number of carbonyl (C=O) groups is 2. The quantitative estimate of drug-likeness (QED) is 0.895. The van der Waals surface area contributed by atoms with E-state index in [0.29, 0.717) is 30.0 Å². The number of aromatic nitrogens is 1. The molecule has 1 atom stereocenters. The van der Waals surface area contributed by atoms with Crippen molar-refractivity contribution in [2.45, 2.75) is 26.9 Å². The Morgan fingerprint density at radius 1 is 1.36 bits per heavy atom. The molecule has 132 valence electrons. The first-order valence-corrected chi connectivity index (χ1v) is 8.13. The van der Waals surface area contributed by atoms with Crippen molar-refractivity contribution in [3.05, 3.63) is 46.8 Å². The lowest BCUT2D eigenvalue weighted by molar-refractivity contribution is -0.141. The summed E-state index contributed by atoms with van der Waals surface area (Å²) in [7, 11) is 0. The number of benzene rings is 1. The average molecular weight is 344 g/mol. The van der Waals surface area contributed by atoms with Crippen LogP contribution in [0.4, 0.5) is 0 Å². The summed E-state index contributed by atoms with van der Waals surface area (Å²) in [5.41, 5.74) is 2.04. The zero-order chi connectivity index (χ0) is 18.0. The number of rotatable bonds is 5. The Bertz CT molecular complexity index is 779. The predicted molar refractivity (Wildman–Crippen MR) is 88.4 cm³/mol. The summed E-state index contributed by atoms with van der Waals surface area (Å²) >= 11 is 0. The topological polar surface area (TPSA) is 92.9 Å². The van der Waals surface area contributed by atoms with Crippen LogP contribution in [-0.2, 0) is 11.4 Å². The van der Waals surface area contributed by atoms with Gasteiger partial charge in [0.05, 0.1) is 22.7 Å². The molecule has 2 heterocycles. The number of para-hydroxylation sites is 1. The zero-order valence-corrected chi connectivity index (χ0v) is 14.2. The van der Waals surface area contributed by atoms with Gasteiger partial charge in [-0.05, 0) is 32.4 Å². The molecule has 1 unspecified atom stereocenters. The normalized spacial score (nSPS) is 16.9. The molecule has 7 nitrogen and oxygen atoms in total. The summed E-state index contributed by atoms with van der Waals surface area (Å²) in [4.78, 5) is 25.4. The van der Waals surface area contributed by atoms with E-state index in [1.807, 2.05) is 13.8 Å². The number of hydrogen-bond acceptors (Lipinski definition) is 5. The van der Waals surface area contributed by atoms with E-state index >= 15 is 0 Å². The molecule has 3 rings (SSSR count). The molecular formula is C18H20N2O5. The molecule has 0 aliphatic carbocycles. The largest absolute Gasteiger partial charge is 0.488 e. The van der Waals surface area contributed by atoms with E-state index in [4.69, 9.17) is 14.4 Å². The molecule has 7 heteroatoms. The van der Waals surface area contributed by atoms with Gasteiger partial charge in [0, 0.05) is 13.1 Å². The Morgan fingerprint density at radius 3 is 2.76 bits per heavy atom. The number of aliphatic carboxylic acids is 1. The van der Waals surface area contributed by atoms with Crippen molar-refractivity contribution in [1.29, 1.82) is 0 Å². The number of hydrogen-bond donors (Lipinski definition) is 1. The number of carboxylic acids is 1. The maximum absolute atomic E-state index is 12.8. The number of carbonyl (C=O) groups excluding carboxylic acids is 1. The Kier molecular flexibility index (Phi) is 4.74. The van der Waals surface area contributed by atoms with Gasteiger partial charge in [-0.15, -0.1) is 0 Å². The Morgan fingerprint density at radius 2 is 2.12 bits per heavy atom. The zero-order valence-electron chi connectivity index (χ0n) is 14.2. The van der Waals surface area contributed by atoms with Crippen molar-refractivity contribution in [2.75, 3.05) is 13.1 Å². The molecule has 0 bridgehead atoms. The van der Waals surface area contributed by atoms with Gasteiger partial charge in [-0.3, -0.25) is 9.59 Å². The first-order chi connectivity index (χ1) is 12.0. The second-order valence-electron chi connectivity index (χ2n) is 6.16. The summed E-state index contributed by atoms with van der Waals surface area (Å²) in [5.74, 6) is -0.424. The summed E-state index contributed by atoms with van der Waals surface area (Å²) in [6, 6.07) is 6.99. The van der Waals surface area contributed by atoms with Crippen LogP contribution in [0.25, 0.3) is 0 Å². The van der Waals surface area contributed by atoms with Crippen LogP contribution < -0.4 is 4.74 Å². The molecule has 0 saturated carbocycles. The molecule has 25 heavy (non-hydrogen) atoms. The maximum atomic E-state index is 12.8. The SMILES string of the molecule is Cc1noc(C)c1COc1ccccc1C(=O)N1CCC(C(=O)O)C1. The lowest BCUT2D eigenvalue weighted by Gasteiger charge is -2.18. The molecule has 1 amide bonds. The Hall–Kier alpha value is -2.83. The van der Waals surface area contributed by atoms with Gasteiger partial charge in [0.25, 0.3) is 5.91 Å². The molecule has 1 aliphatic heterocycles. The van der Waals surface area contributed by atoms with E-state index in [2.05, 4.69) is 5.16 Å². The van der Waals surface area contributed by atoms with Crippen LogP contribution in [0.5, 0.6) is 5.75 Å². The van der Waals surface area contributed by atoms with Crippen LogP contribution in [-0.4, -0.2) is 40.1 Å². The van der Waals surface area contributed by atoms with Crippen molar-refractivity contribution >= 4 is 11.9 Å². The van der Waals surface area contributed by atoms with Gasteiger partial charge in [0.15, 0.2) is 0 Å². The van der Waals surface area contributed by atoms with Crippen LogP contribution in [0.2, 0.25) is 0 Å². The van der Waals surface area contributed by atoms with Crippen molar-refractivity contribution in [3.8, 4) is 5.75 Å². The van der Waals surface area contributed by atoms with Gasteiger partial charge in [0.2, 0.25) is 0 Å². The maximum Gasteiger partial charge on any atom is 0.308 e. The molecule has 1 N–H and O–H groups in total. The first kappa shape index (κ1) is 17.0. The fourth-order valence-corrected chi connectivity index (χ4v) is 2.94. The number of amides is 1. The Balaban J connectivity index is 1.75. The number of ether oxygens (including phenoxy) is 1. The highest BCUT2D eigenvalue weighted by Crippen LogP contribution is 2.25. The van der Waals surface area contributed by atoms with E-state index in [1.54, 1.807) is 29.2 Å². The monoisotopic (exact) mass is 344 g/mol. The highest BCUT2D eigenvalue weighted by Gasteiger charge is 2.32. The van der Waals surface area contributed by atoms with Gasteiger partial charge < -0.3 is 19.3 Å². The minimum atomic E-state index is -0.863. The minimum Gasteiger partial charge on any atom is -0.488 e. The molecule has 2 aromatic rings. The fourth-order valence-electron chi connectivity index (χ4n) is 2.94. The van der Waals surface area contributed by atoms with E-state index in [0.717, 1.165) is 11.3 Å². The molecule has 0 radical (unpaired) electrons. The molecular weight excluding hydrogens is 324 g/mol. The standard InChI is InChI=1S/C18H20N2O5/c1-11-15(12(2)25-19-11)10-24-16-6-4-3-5-14(16)17(21)20-8-7-13(9-20)18(22)23/h3-6,13H,7-10H2,1-2H3,(H,22,23). The minimum absolute atomic E-state index is 0.210. The summed E-state index contributed by atoms with van der Waals surface area (Å²) in [6.45, 7) is 4.57. The van der Waals surface area contributed by atoms with Crippen LogP contribution in [0.3, 0.4) is 0 Å². The van der Waals surface area contributed by atoms with Crippen molar-refractivity contribution in [1.82, 2.24) is 10.1 Å². The van der Waals surface area contributed by atoms with Crippen molar-refractivity contribution in [2.24, 2.45) is 5.92 Å². The second-order valence-corrected chi connectivity index (χ2v) is 6.16. The molecule has 1 fully saturated rings. The second kappa shape index (κ2) is 6.96. The number of likely N-dealkylation sites (tertiary alicyclic amines) is 1. The highest BCUT2D eigenvalue weighted by molar-refractivity contribution is 5.97. The Labute approximate surface area is 145 Å². The molecule has 0 spiro atoms. The number of nitrogens with zero attached hydrogens (tertiary/aromatic N) is 2. The van der Waals surface area contributed by atoms with Crippen molar-refractivity contribution < 1.29 is 24.0 Å². The molecule has 1 aliphatic rings. The average Bonchev–Trinajstić information content (AvgIpc) is 3.21. The van der Waals surface area contributed by atoms with Crippen LogP contribution >= 0.6 is 0 Å². The third-order valence-electron chi connectivity index (χ3n) is 4.50. The van der Waals surface area contributed by atoms with Crippen molar-refractivity contribution in [3.63, 3.8) is 0 Å². The third kappa shape index (κ3) is 3.50. The molecule has 1 saturated heterocycles. The number of carboxylic acid groups (broad SMARTS) is 1. The fraction of sp³-hybridized carbons (Fsp3) is 0.389. The van der Waals surface area contributed by atoms with Gasteiger partial charge in [-0.2, -0.15) is 0 Å².